The van der Waals surface area contributed by atoms with Crippen molar-refractivity contribution >= 4 is 28.0 Å². The Kier molecular flexibility index (Phi) is 8.28. The van der Waals surface area contributed by atoms with Gasteiger partial charge >= 0.3 is 0 Å². The van der Waals surface area contributed by atoms with Gasteiger partial charge in [-0.1, -0.05) is 119 Å². The van der Waals surface area contributed by atoms with E-state index in [0.29, 0.717) is 27.3 Å². The van der Waals surface area contributed by atoms with Gasteiger partial charge in [-0.3, -0.25) is 0 Å². The number of benzene rings is 1. The molecule has 0 heterocycles. The van der Waals surface area contributed by atoms with Crippen LogP contribution < -0.4 is 5.46 Å². The first kappa shape index (κ1) is 25.2. The summed E-state index contributed by atoms with van der Waals surface area (Å²) in [5.74, 6) is 0. The normalized spacial score (nSPS) is 14.1. The molecule has 0 bridgehead atoms. The van der Waals surface area contributed by atoms with E-state index in [2.05, 4.69) is 113 Å². The van der Waals surface area contributed by atoms with E-state index in [-0.39, 0.29) is 15.8 Å². The van der Waals surface area contributed by atoms with Crippen molar-refractivity contribution in [2.45, 2.75) is 104 Å². The highest BCUT2D eigenvalue weighted by Crippen LogP contribution is 2.62. The van der Waals surface area contributed by atoms with Gasteiger partial charge in [0.15, 0.2) is 6.71 Å². The zero-order valence-corrected chi connectivity index (χ0v) is 22.1. The fourth-order valence-electron chi connectivity index (χ4n) is 4.54. The molecule has 0 amide bonds. The average Bonchev–Trinajstić information content (AvgIpc) is 2.42. The molecule has 154 valence electrons. The third-order valence-corrected chi connectivity index (χ3v) is 13.4. The molecule has 1 rings (SSSR count). The largest absolute Gasteiger partial charge is 0.184 e. The molecule has 0 aromatic heterocycles. The first-order chi connectivity index (χ1) is 11.9. The Morgan fingerprint density at radius 2 is 0.852 bits per heavy atom. The second kappa shape index (κ2) is 8.88. The minimum Gasteiger partial charge on any atom is -0.103 e. The fourth-order valence-corrected chi connectivity index (χ4v) is 12.5. The van der Waals surface area contributed by atoms with Gasteiger partial charge in [0.05, 0.1) is 0 Å². The molecule has 0 saturated heterocycles. The number of hydrogen-bond acceptors (Lipinski definition) is 0. The summed E-state index contributed by atoms with van der Waals surface area (Å²) in [5.41, 5.74) is 1.56. The maximum absolute atomic E-state index is 2.46. The topological polar surface area (TPSA) is 0 Å². The quantitative estimate of drug-likeness (QED) is 0.348. The summed E-state index contributed by atoms with van der Waals surface area (Å²) in [6.45, 7) is 30.2. The fraction of sp³-hybridized carbons (Fsp3) is 0.750. The van der Waals surface area contributed by atoms with Gasteiger partial charge in [0.25, 0.3) is 0 Å². The molecule has 0 radical (unpaired) electrons. The summed E-state index contributed by atoms with van der Waals surface area (Å²) >= 11 is 0. The molecular weight excluding hydrogens is 361 g/mol. The Morgan fingerprint density at radius 1 is 0.556 bits per heavy atom. The SMILES string of the molecule is CC(C)(C)P(CB(CP(C(C)(C)C)C(C)(C)C)c1ccccc1)C(C)(C)C. The first-order valence-electron chi connectivity index (χ1n) is 10.5. The van der Waals surface area contributed by atoms with Crippen LogP contribution in [-0.4, -0.2) is 39.5 Å². The van der Waals surface area contributed by atoms with Crippen molar-refractivity contribution in [3.05, 3.63) is 30.3 Å². The predicted octanol–water partition coefficient (Wildman–Crippen LogP) is 7.62. The highest BCUT2D eigenvalue weighted by Gasteiger charge is 2.41. The van der Waals surface area contributed by atoms with E-state index in [1.165, 1.54) is 12.1 Å². The number of hydrogen-bond donors (Lipinski definition) is 0. The maximum Gasteiger partial charge on any atom is 0.184 e. The lowest BCUT2D eigenvalue weighted by Crippen LogP contribution is -2.44. The van der Waals surface area contributed by atoms with Gasteiger partial charge in [0.2, 0.25) is 0 Å². The average molecular weight is 406 g/mol. The zero-order chi connectivity index (χ0) is 21.3. The van der Waals surface area contributed by atoms with Gasteiger partial charge in [-0.25, -0.2) is 0 Å². The van der Waals surface area contributed by atoms with E-state index in [1.807, 2.05) is 0 Å². The molecule has 0 aliphatic rings. The molecule has 0 atom stereocenters. The Morgan fingerprint density at radius 3 is 1.11 bits per heavy atom. The molecular formula is C24H45BP2. The predicted molar refractivity (Wildman–Crippen MR) is 134 cm³/mol. The lowest BCUT2D eigenvalue weighted by atomic mass is 9.48. The van der Waals surface area contributed by atoms with Gasteiger partial charge in [0.1, 0.15) is 0 Å². The van der Waals surface area contributed by atoms with Crippen LogP contribution in [0.5, 0.6) is 0 Å². The van der Waals surface area contributed by atoms with Gasteiger partial charge in [-0.05, 0) is 32.7 Å². The van der Waals surface area contributed by atoms with Crippen LogP contribution >= 0.6 is 15.8 Å². The van der Waals surface area contributed by atoms with E-state index in [9.17, 15) is 0 Å². The highest BCUT2D eigenvalue weighted by atomic mass is 31.1. The molecule has 1 aromatic rings. The van der Waals surface area contributed by atoms with E-state index in [1.54, 1.807) is 5.46 Å². The van der Waals surface area contributed by atoms with Crippen molar-refractivity contribution in [1.82, 2.24) is 0 Å². The molecule has 0 aliphatic heterocycles. The van der Waals surface area contributed by atoms with Gasteiger partial charge < -0.3 is 0 Å². The minimum atomic E-state index is -0.0977. The van der Waals surface area contributed by atoms with Crippen LogP contribution in [0.2, 0.25) is 0 Å². The highest BCUT2D eigenvalue weighted by molar-refractivity contribution is 7.66. The van der Waals surface area contributed by atoms with Crippen molar-refractivity contribution in [3.8, 4) is 0 Å². The molecule has 0 unspecified atom stereocenters. The lowest BCUT2D eigenvalue weighted by Gasteiger charge is -2.46. The van der Waals surface area contributed by atoms with E-state index in [4.69, 9.17) is 0 Å². The second-order valence-electron chi connectivity index (χ2n) is 12.0. The first-order valence-corrected chi connectivity index (χ1v) is 13.6. The Bertz CT molecular complexity index is 506. The van der Waals surface area contributed by atoms with Crippen LogP contribution in [-0.2, 0) is 0 Å². The van der Waals surface area contributed by atoms with E-state index < -0.39 is 0 Å². The summed E-state index contributed by atoms with van der Waals surface area (Å²) in [6, 6.07) is 14.1. The van der Waals surface area contributed by atoms with Crippen LogP contribution in [0.1, 0.15) is 83.1 Å². The van der Waals surface area contributed by atoms with Crippen LogP contribution in [0.4, 0.5) is 0 Å². The van der Waals surface area contributed by atoms with Crippen molar-refractivity contribution < 1.29 is 0 Å². The summed E-state index contributed by atoms with van der Waals surface area (Å²) in [5, 5.41) is 1.53. The van der Waals surface area contributed by atoms with Crippen LogP contribution in [0.3, 0.4) is 0 Å². The molecule has 0 aliphatic carbocycles. The van der Waals surface area contributed by atoms with E-state index >= 15 is 0 Å². The summed E-state index contributed by atoms with van der Waals surface area (Å²) in [7, 11) is -0.195. The molecule has 1 aromatic carbocycles. The van der Waals surface area contributed by atoms with Crippen LogP contribution in [0.15, 0.2) is 30.3 Å². The second-order valence-corrected chi connectivity index (χ2v) is 19.8. The van der Waals surface area contributed by atoms with Gasteiger partial charge in [-0.15, -0.1) is 15.8 Å². The van der Waals surface area contributed by atoms with Crippen molar-refractivity contribution in [2.24, 2.45) is 0 Å². The van der Waals surface area contributed by atoms with E-state index in [0.717, 1.165) is 0 Å². The minimum absolute atomic E-state index is 0.0977. The lowest BCUT2D eigenvalue weighted by molar-refractivity contribution is 0.707. The van der Waals surface area contributed by atoms with Crippen molar-refractivity contribution in [2.75, 3.05) is 12.1 Å². The Labute approximate surface area is 174 Å². The van der Waals surface area contributed by atoms with Crippen LogP contribution in [0, 0.1) is 0 Å². The third-order valence-electron chi connectivity index (χ3n) is 5.32. The summed E-state index contributed by atoms with van der Waals surface area (Å²) in [4.78, 5) is 0. The molecule has 0 fully saturated rings. The van der Waals surface area contributed by atoms with Crippen LogP contribution in [0.25, 0.3) is 0 Å². The van der Waals surface area contributed by atoms with Crippen molar-refractivity contribution in [3.63, 3.8) is 0 Å². The van der Waals surface area contributed by atoms with Gasteiger partial charge in [-0.2, -0.15) is 0 Å². The Hall–Kier alpha value is 0.145. The standard InChI is InChI=1S/C24H45BP2/c1-21(2,3)26(22(4,5)6)18-25(20-16-14-13-15-17-20)19-27(23(7,8)9)24(10,11)12/h13-17H,18-19H2,1-12H3. The molecule has 3 heteroatoms. The zero-order valence-electron chi connectivity index (χ0n) is 20.3. The number of rotatable bonds is 5. The summed E-state index contributed by atoms with van der Waals surface area (Å²) in [6.07, 6.45) is 0. The molecule has 0 N–H and O–H groups in total. The molecule has 0 nitrogen and oxygen atoms in total. The molecule has 0 saturated carbocycles. The Balaban J connectivity index is 3.33. The molecule has 0 spiro atoms. The molecule has 27 heavy (non-hydrogen) atoms. The summed E-state index contributed by atoms with van der Waals surface area (Å²) < 4.78 is 0. The van der Waals surface area contributed by atoms with Crippen molar-refractivity contribution in [1.29, 1.82) is 0 Å². The third kappa shape index (κ3) is 7.82. The smallest absolute Gasteiger partial charge is 0.103 e. The monoisotopic (exact) mass is 406 g/mol. The maximum atomic E-state index is 2.46. The van der Waals surface area contributed by atoms with Gasteiger partial charge in [0, 0.05) is 0 Å².